The molecule has 1 aromatic heterocycles. The van der Waals surface area contributed by atoms with Gasteiger partial charge >= 0.3 is 5.97 Å². The summed E-state index contributed by atoms with van der Waals surface area (Å²) in [5, 5.41) is 11.9. The fraction of sp³-hybridized carbons (Fsp3) is 0.294. The molecule has 2 aromatic rings. The number of benzene rings is 1. The normalized spacial score (nSPS) is 10.5. The summed E-state index contributed by atoms with van der Waals surface area (Å²) >= 11 is 6.04. The molecule has 0 fully saturated rings. The van der Waals surface area contributed by atoms with E-state index in [0.29, 0.717) is 5.82 Å². The summed E-state index contributed by atoms with van der Waals surface area (Å²) in [6.45, 7) is 3.77. The summed E-state index contributed by atoms with van der Waals surface area (Å²) in [6.07, 6.45) is 1.35. The van der Waals surface area contributed by atoms with Crippen molar-refractivity contribution in [1.29, 1.82) is 0 Å². The van der Waals surface area contributed by atoms with Gasteiger partial charge in [0.25, 0.3) is 5.91 Å². The minimum absolute atomic E-state index is 0.00350. The maximum absolute atomic E-state index is 12.6. The summed E-state index contributed by atoms with van der Waals surface area (Å²) in [5.74, 6) is -0.988. The highest BCUT2D eigenvalue weighted by Crippen LogP contribution is 2.37. The molecule has 0 spiro atoms. The van der Waals surface area contributed by atoms with E-state index in [4.69, 9.17) is 21.1 Å². The number of methoxy groups -OCH3 is 2. The predicted octanol–water partition coefficient (Wildman–Crippen LogP) is 3.22. The molecule has 0 aliphatic carbocycles. The first-order valence-electron chi connectivity index (χ1n) is 7.61. The molecule has 0 saturated heterocycles. The number of carboxylic acids is 1. The van der Waals surface area contributed by atoms with Crippen LogP contribution in [0, 0.1) is 0 Å². The summed E-state index contributed by atoms with van der Waals surface area (Å²) < 4.78 is 10.4. The van der Waals surface area contributed by atoms with Crippen molar-refractivity contribution < 1.29 is 24.2 Å². The first-order valence-corrected chi connectivity index (χ1v) is 7.99. The zero-order valence-corrected chi connectivity index (χ0v) is 15.4. The molecule has 0 aliphatic rings. The molecule has 0 radical (unpaired) electrons. The third-order valence-electron chi connectivity index (χ3n) is 3.47. The van der Waals surface area contributed by atoms with Crippen LogP contribution in [0.4, 0.5) is 5.69 Å². The Hall–Kier alpha value is -2.87. The number of hydrogen-bond acceptors (Lipinski definition) is 6. The van der Waals surface area contributed by atoms with Crippen molar-refractivity contribution >= 4 is 29.2 Å². The SMILES string of the molecule is COc1cc(C(=O)O)cc(NC(=O)c2nc(C(C)C)ncc2Cl)c1OC. The Labute approximate surface area is 155 Å². The highest BCUT2D eigenvalue weighted by Gasteiger charge is 2.21. The quantitative estimate of drug-likeness (QED) is 0.792. The van der Waals surface area contributed by atoms with E-state index in [1.54, 1.807) is 0 Å². The molecule has 0 saturated carbocycles. The van der Waals surface area contributed by atoms with E-state index in [-0.39, 0.29) is 39.4 Å². The number of aromatic nitrogens is 2. The number of ether oxygens (including phenoxy) is 2. The molecular weight excluding hydrogens is 362 g/mol. The summed E-state index contributed by atoms with van der Waals surface area (Å²) in [4.78, 5) is 32.2. The number of aromatic carboxylic acids is 1. The van der Waals surface area contributed by atoms with Gasteiger partial charge in [-0.25, -0.2) is 14.8 Å². The van der Waals surface area contributed by atoms with Crippen LogP contribution in [-0.4, -0.2) is 41.2 Å². The number of carbonyl (C=O) groups excluding carboxylic acids is 1. The van der Waals surface area contributed by atoms with Crippen molar-refractivity contribution in [2.24, 2.45) is 0 Å². The first kappa shape index (κ1) is 19.5. The Bertz CT molecular complexity index is 855. The van der Waals surface area contributed by atoms with Crippen molar-refractivity contribution in [1.82, 2.24) is 9.97 Å². The molecule has 2 rings (SSSR count). The zero-order chi connectivity index (χ0) is 19.4. The molecule has 0 atom stereocenters. The van der Waals surface area contributed by atoms with Gasteiger partial charge in [-0.2, -0.15) is 0 Å². The summed E-state index contributed by atoms with van der Waals surface area (Å²) in [6, 6.07) is 2.56. The largest absolute Gasteiger partial charge is 0.493 e. The zero-order valence-electron chi connectivity index (χ0n) is 14.7. The van der Waals surface area contributed by atoms with Gasteiger partial charge in [0.1, 0.15) is 5.82 Å². The monoisotopic (exact) mass is 379 g/mol. The molecular formula is C17H18ClN3O5. The van der Waals surface area contributed by atoms with Gasteiger partial charge in [0, 0.05) is 5.92 Å². The van der Waals surface area contributed by atoms with E-state index < -0.39 is 11.9 Å². The van der Waals surface area contributed by atoms with Crippen molar-refractivity contribution in [2.75, 3.05) is 19.5 Å². The third-order valence-corrected chi connectivity index (χ3v) is 3.74. The number of hydrogen-bond donors (Lipinski definition) is 2. The standard InChI is InChI=1S/C17H18ClN3O5/c1-8(2)15-19-7-10(18)13(21-15)16(22)20-11-5-9(17(23)24)6-12(25-3)14(11)26-4/h5-8H,1-4H3,(H,20,22)(H,23,24). The molecule has 26 heavy (non-hydrogen) atoms. The lowest BCUT2D eigenvalue weighted by atomic mass is 10.1. The van der Waals surface area contributed by atoms with Gasteiger partial charge in [0.2, 0.25) is 0 Å². The Morgan fingerprint density at radius 2 is 1.92 bits per heavy atom. The minimum Gasteiger partial charge on any atom is -0.493 e. The van der Waals surface area contributed by atoms with Gasteiger partial charge in [-0.15, -0.1) is 0 Å². The summed E-state index contributed by atoms with van der Waals surface area (Å²) in [7, 11) is 2.74. The van der Waals surface area contributed by atoms with Crippen molar-refractivity contribution in [2.45, 2.75) is 19.8 Å². The van der Waals surface area contributed by atoms with Crippen LogP contribution < -0.4 is 14.8 Å². The molecule has 0 unspecified atom stereocenters. The number of rotatable bonds is 6. The molecule has 1 amide bonds. The van der Waals surface area contributed by atoms with Crippen molar-refractivity contribution in [3.05, 3.63) is 40.4 Å². The molecule has 1 heterocycles. The van der Waals surface area contributed by atoms with E-state index in [2.05, 4.69) is 15.3 Å². The Morgan fingerprint density at radius 3 is 2.46 bits per heavy atom. The van der Waals surface area contributed by atoms with Crippen LogP contribution in [0.25, 0.3) is 0 Å². The fourth-order valence-electron chi connectivity index (χ4n) is 2.18. The van der Waals surface area contributed by atoms with Gasteiger partial charge in [0.05, 0.1) is 36.7 Å². The lowest BCUT2D eigenvalue weighted by Gasteiger charge is -2.15. The second-order valence-electron chi connectivity index (χ2n) is 5.60. The number of halogens is 1. The average Bonchev–Trinajstić information content (AvgIpc) is 2.60. The number of nitrogens with one attached hydrogen (secondary N) is 1. The maximum atomic E-state index is 12.6. The van der Waals surface area contributed by atoms with E-state index in [9.17, 15) is 14.7 Å². The predicted molar refractivity (Wildman–Crippen MR) is 95.6 cm³/mol. The lowest BCUT2D eigenvalue weighted by molar-refractivity contribution is 0.0696. The highest BCUT2D eigenvalue weighted by atomic mass is 35.5. The van der Waals surface area contributed by atoms with E-state index in [1.807, 2.05) is 13.8 Å². The van der Waals surface area contributed by atoms with Crippen LogP contribution in [0.3, 0.4) is 0 Å². The van der Waals surface area contributed by atoms with Crippen molar-refractivity contribution in [3.63, 3.8) is 0 Å². The molecule has 138 valence electrons. The van der Waals surface area contributed by atoms with Gasteiger partial charge in [-0.1, -0.05) is 25.4 Å². The molecule has 2 N–H and O–H groups in total. The van der Waals surface area contributed by atoms with Crippen LogP contribution in [0.15, 0.2) is 18.3 Å². The fourth-order valence-corrected chi connectivity index (χ4v) is 2.36. The van der Waals surface area contributed by atoms with Crippen LogP contribution in [-0.2, 0) is 0 Å². The third kappa shape index (κ3) is 4.02. The first-order chi connectivity index (χ1) is 12.3. The number of anilines is 1. The van der Waals surface area contributed by atoms with Gasteiger partial charge in [0.15, 0.2) is 17.2 Å². The Morgan fingerprint density at radius 1 is 1.23 bits per heavy atom. The topological polar surface area (TPSA) is 111 Å². The number of amides is 1. The smallest absolute Gasteiger partial charge is 0.335 e. The van der Waals surface area contributed by atoms with Gasteiger partial charge in [-0.05, 0) is 12.1 Å². The van der Waals surface area contributed by atoms with Crippen LogP contribution >= 0.6 is 11.6 Å². The highest BCUT2D eigenvalue weighted by molar-refractivity contribution is 6.34. The van der Waals surface area contributed by atoms with Crippen LogP contribution in [0.2, 0.25) is 5.02 Å². The molecule has 0 bridgehead atoms. The number of nitrogens with zero attached hydrogens (tertiary/aromatic N) is 2. The number of carboxylic acid groups (broad SMARTS) is 1. The van der Waals surface area contributed by atoms with E-state index in [0.717, 1.165) is 0 Å². The molecule has 8 nitrogen and oxygen atoms in total. The minimum atomic E-state index is -1.18. The molecule has 9 heteroatoms. The summed E-state index contributed by atoms with van der Waals surface area (Å²) in [5.41, 5.74) is 0.0248. The number of carbonyl (C=O) groups is 2. The lowest BCUT2D eigenvalue weighted by Crippen LogP contribution is -2.17. The second kappa shape index (κ2) is 8.01. The maximum Gasteiger partial charge on any atom is 0.335 e. The molecule has 0 aliphatic heterocycles. The van der Waals surface area contributed by atoms with Gasteiger partial charge in [-0.3, -0.25) is 4.79 Å². The Kier molecular flexibility index (Phi) is 5.99. The van der Waals surface area contributed by atoms with E-state index in [1.165, 1.54) is 32.5 Å². The molecule has 1 aromatic carbocycles. The van der Waals surface area contributed by atoms with E-state index >= 15 is 0 Å². The van der Waals surface area contributed by atoms with Crippen molar-refractivity contribution in [3.8, 4) is 11.5 Å². The average molecular weight is 380 g/mol. The second-order valence-corrected chi connectivity index (χ2v) is 6.01. The van der Waals surface area contributed by atoms with Crippen LogP contribution in [0.5, 0.6) is 11.5 Å². The van der Waals surface area contributed by atoms with Gasteiger partial charge < -0.3 is 19.9 Å². The van der Waals surface area contributed by atoms with Crippen LogP contribution in [0.1, 0.15) is 46.4 Å². The Balaban J connectivity index is 2.47.